The Labute approximate surface area is 194 Å². The molecule has 180 valence electrons. The fourth-order valence-corrected chi connectivity index (χ4v) is 3.73. The molecule has 0 radical (unpaired) electrons. The van der Waals surface area contributed by atoms with E-state index < -0.39 is 18.4 Å². The summed E-state index contributed by atoms with van der Waals surface area (Å²) in [5.74, 6) is -0.745. The highest BCUT2D eigenvalue weighted by atomic mass is 19.4. The van der Waals surface area contributed by atoms with Crippen molar-refractivity contribution in [1.29, 1.82) is 0 Å². The minimum Gasteiger partial charge on any atom is -0.479 e. The minimum atomic E-state index is -4.83. The van der Waals surface area contributed by atoms with E-state index in [-0.39, 0.29) is 18.3 Å². The number of fused-ring (bicyclic) bond motifs is 1. The van der Waals surface area contributed by atoms with E-state index in [0.717, 1.165) is 5.56 Å². The molecule has 0 aliphatic heterocycles. The lowest BCUT2D eigenvalue weighted by molar-refractivity contribution is -0.274. The maximum Gasteiger partial charge on any atom is 0.573 e. The quantitative estimate of drug-likeness (QED) is 0.314. The Morgan fingerprint density at radius 3 is 2.53 bits per heavy atom. The summed E-state index contributed by atoms with van der Waals surface area (Å²) in [6.07, 6.45) is -3.92. The summed E-state index contributed by atoms with van der Waals surface area (Å²) in [6.45, 7) is 8.24. The standard InChI is InChI=1S/C25H24F3NO5/c1-5-11-32-24(31)16(3)33-19-8-6-7-18(12-19)13-21-15(2)29(17(4)30)23-10-9-20(14-22(21)23)34-25(26,27)28/h5-10,12,14,16H,1,11,13H2,2-4H3/t16-/m0/s1. The van der Waals surface area contributed by atoms with Crippen molar-refractivity contribution in [2.45, 2.75) is 39.7 Å². The molecule has 6 nitrogen and oxygen atoms in total. The van der Waals surface area contributed by atoms with Crippen molar-refractivity contribution in [2.75, 3.05) is 6.61 Å². The van der Waals surface area contributed by atoms with Gasteiger partial charge in [-0.2, -0.15) is 0 Å². The van der Waals surface area contributed by atoms with E-state index in [9.17, 15) is 22.8 Å². The lowest BCUT2D eigenvalue weighted by atomic mass is 10.0. The number of aromatic nitrogens is 1. The molecule has 0 unspecified atom stereocenters. The van der Waals surface area contributed by atoms with Gasteiger partial charge in [0.05, 0.1) is 5.52 Å². The maximum absolute atomic E-state index is 12.7. The van der Waals surface area contributed by atoms with Crippen molar-refractivity contribution < 1.29 is 37.0 Å². The summed E-state index contributed by atoms with van der Waals surface area (Å²) in [4.78, 5) is 24.2. The highest BCUT2D eigenvalue weighted by Crippen LogP contribution is 2.33. The average molecular weight is 475 g/mol. The first kappa shape index (κ1) is 24.9. The molecule has 3 rings (SSSR count). The number of alkyl halides is 3. The number of benzene rings is 2. The predicted molar refractivity (Wildman–Crippen MR) is 120 cm³/mol. The molecule has 0 N–H and O–H groups in total. The third-order valence-corrected chi connectivity index (χ3v) is 5.12. The van der Waals surface area contributed by atoms with Crippen LogP contribution in [0.5, 0.6) is 11.5 Å². The molecule has 1 heterocycles. The summed E-state index contributed by atoms with van der Waals surface area (Å²) in [6, 6.07) is 10.9. The Hall–Kier alpha value is -3.75. The molecule has 2 aromatic carbocycles. The van der Waals surface area contributed by atoms with E-state index in [2.05, 4.69) is 11.3 Å². The number of hydrogen-bond donors (Lipinski definition) is 0. The van der Waals surface area contributed by atoms with Crippen LogP contribution in [0.25, 0.3) is 10.9 Å². The molecular weight excluding hydrogens is 451 g/mol. The third kappa shape index (κ3) is 5.78. The van der Waals surface area contributed by atoms with E-state index in [1.54, 1.807) is 32.0 Å². The van der Waals surface area contributed by atoms with Gasteiger partial charge in [-0.15, -0.1) is 13.2 Å². The fourth-order valence-electron chi connectivity index (χ4n) is 3.73. The van der Waals surface area contributed by atoms with Crippen LogP contribution in [-0.2, 0) is 16.0 Å². The van der Waals surface area contributed by atoms with Gasteiger partial charge in [-0.3, -0.25) is 9.36 Å². The van der Waals surface area contributed by atoms with Crippen LogP contribution in [0.4, 0.5) is 13.2 Å². The topological polar surface area (TPSA) is 66.8 Å². The van der Waals surface area contributed by atoms with Gasteiger partial charge in [0.1, 0.15) is 18.1 Å². The monoisotopic (exact) mass is 475 g/mol. The van der Waals surface area contributed by atoms with Gasteiger partial charge in [0.25, 0.3) is 0 Å². The Bertz CT molecular complexity index is 1230. The molecule has 9 heteroatoms. The van der Waals surface area contributed by atoms with E-state index in [4.69, 9.17) is 9.47 Å². The van der Waals surface area contributed by atoms with Gasteiger partial charge in [0, 0.05) is 18.0 Å². The molecule has 0 amide bonds. The molecule has 0 aliphatic carbocycles. The number of carbonyl (C=O) groups excluding carboxylic acids is 2. The van der Waals surface area contributed by atoms with Crippen LogP contribution in [0.3, 0.4) is 0 Å². The lowest BCUT2D eigenvalue weighted by Crippen LogP contribution is -2.26. The largest absolute Gasteiger partial charge is 0.573 e. The predicted octanol–water partition coefficient (Wildman–Crippen LogP) is 5.60. The van der Waals surface area contributed by atoms with Crippen LogP contribution >= 0.6 is 0 Å². The van der Waals surface area contributed by atoms with Crippen molar-refractivity contribution >= 4 is 22.8 Å². The van der Waals surface area contributed by atoms with E-state index in [0.29, 0.717) is 34.3 Å². The molecule has 0 bridgehead atoms. The molecule has 3 aromatic rings. The van der Waals surface area contributed by atoms with Crippen LogP contribution in [0, 0.1) is 6.92 Å². The second-order valence-electron chi connectivity index (χ2n) is 7.65. The van der Waals surface area contributed by atoms with Gasteiger partial charge in [-0.05, 0) is 61.7 Å². The molecule has 0 fully saturated rings. The van der Waals surface area contributed by atoms with Gasteiger partial charge >= 0.3 is 12.3 Å². The van der Waals surface area contributed by atoms with Crippen LogP contribution in [0.2, 0.25) is 0 Å². The molecule has 34 heavy (non-hydrogen) atoms. The number of rotatable bonds is 8. The minimum absolute atomic E-state index is 0.0755. The van der Waals surface area contributed by atoms with E-state index >= 15 is 0 Å². The number of ether oxygens (including phenoxy) is 3. The first-order valence-electron chi connectivity index (χ1n) is 10.4. The fraction of sp³-hybridized carbons (Fsp3) is 0.280. The molecule has 0 saturated carbocycles. The van der Waals surface area contributed by atoms with Crippen LogP contribution in [0.15, 0.2) is 55.1 Å². The van der Waals surface area contributed by atoms with Gasteiger partial charge in [-0.25, -0.2) is 4.79 Å². The van der Waals surface area contributed by atoms with Crippen molar-refractivity contribution in [2.24, 2.45) is 0 Å². The third-order valence-electron chi connectivity index (χ3n) is 5.12. The summed E-state index contributed by atoms with van der Waals surface area (Å²) >= 11 is 0. The Balaban J connectivity index is 1.95. The Morgan fingerprint density at radius 2 is 1.88 bits per heavy atom. The summed E-state index contributed by atoms with van der Waals surface area (Å²) < 4.78 is 54.4. The van der Waals surface area contributed by atoms with E-state index in [1.165, 1.54) is 35.8 Å². The van der Waals surface area contributed by atoms with Crippen molar-refractivity contribution in [3.05, 3.63) is 71.9 Å². The van der Waals surface area contributed by atoms with Crippen molar-refractivity contribution in [1.82, 2.24) is 4.57 Å². The molecular formula is C25H24F3NO5. The van der Waals surface area contributed by atoms with Gasteiger partial charge in [-0.1, -0.05) is 24.8 Å². The Kier molecular flexibility index (Phi) is 7.34. The lowest BCUT2D eigenvalue weighted by Gasteiger charge is -2.14. The van der Waals surface area contributed by atoms with Crippen LogP contribution < -0.4 is 9.47 Å². The zero-order valence-corrected chi connectivity index (χ0v) is 18.9. The maximum atomic E-state index is 12.7. The summed E-state index contributed by atoms with van der Waals surface area (Å²) in [7, 11) is 0. The number of carbonyl (C=O) groups is 2. The second-order valence-corrected chi connectivity index (χ2v) is 7.65. The number of esters is 1. The highest BCUT2D eigenvalue weighted by molar-refractivity contribution is 5.96. The Morgan fingerprint density at radius 1 is 1.15 bits per heavy atom. The normalized spacial score (nSPS) is 12.3. The zero-order chi connectivity index (χ0) is 25.0. The molecule has 0 aliphatic rings. The number of hydrogen-bond acceptors (Lipinski definition) is 5. The first-order valence-corrected chi connectivity index (χ1v) is 10.4. The molecule has 0 spiro atoms. The van der Waals surface area contributed by atoms with Gasteiger partial charge in [0.15, 0.2) is 6.10 Å². The molecule has 1 atom stereocenters. The van der Waals surface area contributed by atoms with Crippen LogP contribution in [0.1, 0.15) is 35.5 Å². The van der Waals surface area contributed by atoms with Crippen molar-refractivity contribution in [3.8, 4) is 11.5 Å². The van der Waals surface area contributed by atoms with Gasteiger partial charge < -0.3 is 14.2 Å². The first-order chi connectivity index (χ1) is 16.0. The zero-order valence-electron chi connectivity index (χ0n) is 18.9. The van der Waals surface area contributed by atoms with Crippen molar-refractivity contribution in [3.63, 3.8) is 0 Å². The van der Waals surface area contributed by atoms with Gasteiger partial charge in [0.2, 0.25) is 5.91 Å². The second kappa shape index (κ2) is 10.0. The average Bonchev–Trinajstić information content (AvgIpc) is 3.02. The van der Waals surface area contributed by atoms with Crippen LogP contribution in [-0.4, -0.2) is 35.5 Å². The SMILES string of the molecule is C=CCOC(=O)[C@H](C)Oc1cccc(Cc2c(C)n(C(C)=O)c3ccc(OC(F)(F)F)cc23)c1. The summed E-state index contributed by atoms with van der Waals surface area (Å²) in [5, 5.41) is 0.474. The smallest absolute Gasteiger partial charge is 0.479 e. The number of nitrogens with zero attached hydrogens (tertiary/aromatic N) is 1. The molecule has 1 aromatic heterocycles. The summed E-state index contributed by atoms with van der Waals surface area (Å²) in [5.41, 5.74) is 2.55. The molecule has 0 saturated heterocycles. The van der Waals surface area contributed by atoms with E-state index in [1.807, 2.05) is 6.07 Å². The highest BCUT2D eigenvalue weighted by Gasteiger charge is 2.31. The number of halogens is 3.